The number of amides is 1. The van der Waals surface area contributed by atoms with Gasteiger partial charge in [0.25, 0.3) is 5.91 Å². The van der Waals surface area contributed by atoms with E-state index in [0.717, 1.165) is 42.8 Å². The summed E-state index contributed by atoms with van der Waals surface area (Å²) in [4.78, 5) is 29.0. The smallest absolute Gasteiger partial charge is 0.263 e. The number of alkyl halides is 1. The number of hydrogen-bond acceptors (Lipinski definition) is 5. The van der Waals surface area contributed by atoms with E-state index in [1.54, 1.807) is 47.9 Å². The zero-order chi connectivity index (χ0) is 33.1. The van der Waals surface area contributed by atoms with Crippen LogP contribution in [0.2, 0.25) is 0 Å². The van der Waals surface area contributed by atoms with Crippen LogP contribution in [-0.2, 0) is 0 Å². The lowest BCUT2D eigenvalue weighted by atomic mass is 10.1. The summed E-state index contributed by atoms with van der Waals surface area (Å²) in [5.74, 6) is -0.633. The van der Waals surface area contributed by atoms with Crippen LogP contribution < -0.4 is 24.5 Å². The van der Waals surface area contributed by atoms with Gasteiger partial charge >= 0.3 is 0 Å². The van der Waals surface area contributed by atoms with E-state index in [1.165, 1.54) is 30.4 Å². The van der Waals surface area contributed by atoms with Gasteiger partial charge in [-0.3, -0.25) is 9.59 Å². The molecule has 0 radical (unpaired) electrons. The fourth-order valence-electron chi connectivity index (χ4n) is 5.33. The molecule has 1 heterocycles. The van der Waals surface area contributed by atoms with Gasteiger partial charge in [0.05, 0.1) is 31.0 Å². The van der Waals surface area contributed by atoms with Crippen molar-refractivity contribution in [3.05, 3.63) is 88.2 Å². The maximum atomic E-state index is 14.1. The van der Waals surface area contributed by atoms with Gasteiger partial charge in [0.2, 0.25) is 5.43 Å². The summed E-state index contributed by atoms with van der Waals surface area (Å²) < 4.78 is 47.7. The molecule has 7 nitrogen and oxygen atoms in total. The highest BCUT2D eigenvalue weighted by atomic mass is 79.9. The Labute approximate surface area is 277 Å². The molecule has 10 heteroatoms. The van der Waals surface area contributed by atoms with Crippen LogP contribution in [0.4, 0.5) is 14.5 Å². The third-order valence-corrected chi connectivity index (χ3v) is 8.05. The van der Waals surface area contributed by atoms with Gasteiger partial charge in [-0.15, -0.1) is 0 Å². The zero-order valence-electron chi connectivity index (χ0n) is 26.6. The summed E-state index contributed by atoms with van der Waals surface area (Å²) in [7, 11) is 0. The van der Waals surface area contributed by atoms with Gasteiger partial charge in [-0.2, -0.15) is 0 Å². The number of ether oxygens (including phenoxy) is 3. The summed E-state index contributed by atoms with van der Waals surface area (Å²) in [6, 6.07) is 13.4. The van der Waals surface area contributed by atoms with Gasteiger partial charge in [-0.1, -0.05) is 41.6 Å². The van der Waals surface area contributed by atoms with Crippen molar-refractivity contribution < 1.29 is 27.8 Å². The lowest BCUT2D eigenvalue weighted by molar-refractivity contribution is 0.0987. The number of fused-ring (bicyclic) bond motifs is 1. The molecule has 3 aromatic carbocycles. The fourth-order valence-corrected chi connectivity index (χ4v) is 5.73. The topological polar surface area (TPSA) is 70.0 Å². The van der Waals surface area contributed by atoms with E-state index in [-0.39, 0.29) is 23.2 Å². The molecule has 0 spiro atoms. The number of rotatable bonds is 17. The maximum Gasteiger partial charge on any atom is 0.263 e. The summed E-state index contributed by atoms with van der Waals surface area (Å²) in [5.41, 5.74) is 0.457. The molecule has 0 atom stereocenters. The fraction of sp³-hybridized carbons (Fsp3) is 0.389. The Bertz CT molecular complexity index is 1650. The summed E-state index contributed by atoms with van der Waals surface area (Å²) >= 11 is 3.47. The third kappa shape index (κ3) is 8.87. The van der Waals surface area contributed by atoms with Crippen molar-refractivity contribution in [3.8, 4) is 22.9 Å². The van der Waals surface area contributed by atoms with E-state index in [0.29, 0.717) is 48.3 Å². The molecule has 1 aromatic heterocycles. The number of hydrogen-bond donors (Lipinski definition) is 0. The number of unbranched alkanes of at least 4 members (excludes halogenated alkanes) is 5. The molecule has 4 aromatic rings. The van der Waals surface area contributed by atoms with Gasteiger partial charge in [0.15, 0.2) is 0 Å². The predicted octanol–water partition coefficient (Wildman–Crippen LogP) is 8.85. The molecule has 4 rings (SSSR count). The van der Waals surface area contributed by atoms with Crippen molar-refractivity contribution in [2.24, 2.45) is 0 Å². The second kappa shape index (κ2) is 17.1. The average Bonchev–Trinajstić information content (AvgIpc) is 3.02. The molecule has 46 heavy (non-hydrogen) atoms. The lowest BCUT2D eigenvalue weighted by Gasteiger charge is -2.22. The molecule has 246 valence electrons. The Hall–Kier alpha value is -3.92. The van der Waals surface area contributed by atoms with Gasteiger partial charge in [0, 0.05) is 59.5 Å². The minimum absolute atomic E-state index is 0.0138. The highest BCUT2D eigenvalue weighted by Crippen LogP contribution is 2.30. The SMILES string of the molecule is CCOc1cc(OCC)cc(-n2cc(C(=O)N(CC)c3cc(F)cc(F)c3)c(=O)c3ccc(OCCCCCCCCBr)cc32)c1. The number of aromatic nitrogens is 1. The molecule has 0 saturated heterocycles. The second-order valence-corrected chi connectivity index (χ2v) is 11.6. The van der Waals surface area contributed by atoms with Crippen molar-refractivity contribution in [1.82, 2.24) is 4.57 Å². The molecule has 0 aliphatic heterocycles. The number of carbonyl (C=O) groups excluding carboxylic acids is 1. The van der Waals surface area contributed by atoms with Crippen molar-refractivity contribution >= 4 is 38.4 Å². The molecule has 0 aliphatic rings. The lowest BCUT2D eigenvalue weighted by Crippen LogP contribution is -2.35. The number of anilines is 1. The molecule has 0 aliphatic carbocycles. The monoisotopic (exact) mass is 698 g/mol. The van der Waals surface area contributed by atoms with Crippen molar-refractivity contribution in [2.45, 2.75) is 59.3 Å². The van der Waals surface area contributed by atoms with E-state index in [2.05, 4.69) is 15.9 Å². The van der Waals surface area contributed by atoms with Gasteiger partial charge < -0.3 is 23.7 Å². The van der Waals surface area contributed by atoms with E-state index in [4.69, 9.17) is 14.2 Å². The van der Waals surface area contributed by atoms with E-state index in [9.17, 15) is 18.4 Å². The van der Waals surface area contributed by atoms with Gasteiger partial charge in [-0.05, 0) is 57.9 Å². The summed E-state index contributed by atoms with van der Waals surface area (Å²) in [6.45, 7) is 6.89. The second-order valence-electron chi connectivity index (χ2n) is 10.8. The number of benzene rings is 3. The average molecular weight is 700 g/mol. The van der Waals surface area contributed by atoms with Crippen LogP contribution in [0.5, 0.6) is 17.2 Å². The van der Waals surface area contributed by atoms with Crippen molar-refractivity contribution in [3.63, 3.8) is 0 Å². The molecule has 0 unspecified atom stereocenters. The van der Waals surface area contributed by atoms with Crippen LogP contribution in [0, 0.1) is 11.6 Å². The number of nitrogens with zero attached hydrogens (tertiary/aromatic N) is 2. The normalized spacial score (nSPS) is 11.1. The van der Waals surface area contributed by atoms with Gasteiger partial charge in [0.1, 0.15) is 34.4 Å². The Balaban J connectivity index is 1.78. The number of pyridine rings is 1. The van der Waals surface area contributed by atoms with Crippen LogP contribution in [0.1, 0.15) is 69.7 Å². The molecule has 1 amide bonds. The number of halogens is 3. The summed E-state index contributed by atoms with van der Waals surface area (Å²) in [6.07, 6.45) is 8.19. The first-order valence-corrected chi connectivity index (χ1v) is 17.0. The number of carbonyl (C=O) groups is 1. The molecule has 0 bridgehead atoms. The van der Waals surface area contributed by atoms with Crippen molar-refractivity contribution in [1.29, 1.82) is 0 Å². The molecule has 0 fully saturated rings. The first kappa shape index (κ1) is 34.9. The first-order chi connectivity index (χ1) is 22.3. The van der Waals surface area contributed by atoms with Crippen LogP contribution in [0.15, 0.2) is 65.6 Å². The van der Waals surface area contributed by atoms with Crippen LogP contribution in [0.25, 0.3) is 16.6 Å². The highest BCUT2D eigenvalue weighted by Gasteiger charge is 2.24. The van der Waals surface area contributed by atoms with E-state index in [1.807, 2.05) is 13.8 Å². The Morgan fingerprint density at radius 2 is 1.41 bits per heavy atom. The molecular formula is C36H41BrF2N2O5. The summed E-state index contributed by atoms with van der Waals surface area (Å²) in [5, 5.41) is 1.32. The quantitative estimate of drug-likeness (QED) is 0.0814. The molecular weight excluding hydrogens is 658 g/mol. The Morgan fingerprint density at radius 3 is 2.02 bits per heavy atom. The standard InChI is InChI=1S/C36H41BrF2N2O5/c1-4-40(27-18-25(38)17-26(39)19-27)36(43)33-24-41(28-20-30(44-5-2)22-31(21-28)45-6-3)34-23-29(13-14-32(34)35(33)42)46-16-12-10-8-7-9-11-15-37/h13-14,17-24H,4-12,15-16H2,1-3H3. The van der Waals surface area contributed by atoms with E-state index >= 15 is 0 Å². The largest absolute Gasteiger partial charge is 0.494 e. The Kier molecular flexibility index (Phi) is 13.0. The highest BCUT2D eigenvalue weighted by molar-refractivity contribution is 9.09. The van der Waals surface area contributed by atoms with Crippen molar-refractivity contribution in [2.75, 3.05) is 36.6 Å². The van der Waals surface area contributed by atoms with Gasteiger partial charge in [-0.25, -0.2) is 8.78 Å². The maximum absolute atomic E-state index is 14.1. The van der Waals surface area contributed by atoms with Crippen LogP contribution >= 0.6 is 15.9 Å². The minimum atomic E-state index is -0.824. The van der Waals surface area contributed by atoms with Crippen LogP contribution in [-0.4, -0.2) is 42.2 Å². The van der Waals surface area contributed by atoms with E-state index < -0.39 is 23.0 Å². The predicted molar refractivity (Wildman–Crippen MR) is 183 cm³/mol. The Morgan fingerprint density at radius 1 is 0.783 bits per heavy atom. The molecule has 0 N–H and O–H groups in total. The van der Waals surface area contributed by atoms with Crippen LogP contribution in [0.3, 0.4) is 0 Å². The molecule has 0 saturated carbocycles. The third-order valence-electron chi connectivity index (χ3n) is 7.49. The first-order valence-electron chi connectivity index (χ1n) is 15.9. The minimum Gasteiger partial charge on any atom is -0.494 e. The zero-order valence-corrected chi connectivity index (χ0v) is 28.2.